The van der Waals surface area contributed by atoms with Gasteiger partial charge in [0.05, 0.1) is 10.7 Å². The van der Waals surface area contributed by atoms with E-state index in [1.54, 1.807) is 34.0 Å². The van der Waals surface area contributed by atoms with Gasteiger partial charge in [0, 0.05) is 26.2 Å². The van der Waals surface area contributed by atoms with Gasteiger partial charge in [0.2, 0.25) is 5.91 Å². The van der Waals surface area contributed by atoms with E-state index in [4.69, 9.17) is 0 Å². The molecule has 29 heavy (non-hydrogen) atoms. The summed E-state index contributed by atoms with van der Waals surface area (Å²) in [5.41, 5.74) is 1.50. The van der Waals surface area contributed by atoms with Crippen molar-refractivity contribution in [2.45, 2.75) is 26.3 Å². The molecule has 0 spiro atoms. The number of aromatic nitrogens is 6. The summed E-state index contributed by atoms with van der Waals surface area (Å²) >= 11 is 1.35. The lowest BCUT2D eigenvalue weighted by molar-refractivity contribution is -0.117. The zero-order valence-electron chi connectivity index (χ0n) is 16.4. The smallest absolute Gasteiger partial charge is 0.287 e. The van der Waals surface area contributed by atoms with E-state index >= 15 is 0 Å². The Labute approximate surface area is 169 Å². The molecule has 0 aliphatic heterocycles. The highest BCUT2D eigenvalue weighted by molar-refractivity contribution is 7.18. The van der Waals surface area contributed by atoms with Gasteiger partial charge in [0.25, 0.3) is 5.56 Å². The van der Waals surface area contributed by atoms with E-state index < -0.39 is 0 Å². The molecule has 150 valence electrons. The summed E-state index contributed by atoms with van der Waals surface area (Å²) in [6.45, 7) is 3.85. The van der Waals surface area contributed by atoms with E-state index in [0.717, 1.165) is 5.01 Å². The largest absolute Gasteiger partial charge is 0.359 e. The lowest BCUT2D eigenvalue weighted by atomic mass is 10.2. The van der Waals surface area contributed by atoms with Crippen LogP contribution < -0.4 is 15.8 Å². The van der Waals surface area contributed by atoms with E-state index in [2.05, 4.69) is 25.6 Å². The fourth-order valence-corrected chi connectivity index (χ4v) is 3.86. The van der Waals surface area contributed by atoms with Crippen molar-refractivity contribution in [3.63, 3.8) is 0 Å². The molecule has 4 rings (SSSR count). The molecule has 0 saturated heterocycles. The summed E-state index contributed by atoms with van der Waals surface area (Å²) in [4.78, 5) is 31.9. The number of pyridine rings is 1. The first kappa shape index (κ1) is 19.0. The maximum atomic E-state index is 12.9. The van der Waals surface area contributed by atoms with Gasteiger partial charge < -0.3 is 10.2 Å². The number of nitrogens with one attached hydrogen (secondary N) is 1. The third-order valence-electron chi connectivity index (χ3n) is 4.29. The number of amides is 1. The van der Waals surface area contributed by atoms with E-state index in [-0.39, 0.29) is 23.9 Å². The molecule has 0 fully saturated rings. The van der Waals surface area contributed by atoms with Crippen LogP contribution >= 0.6 is 11.3 Å². The number of hydrogen-bond donors (Lipinski definition) is 1. The number of carbonyl (C=O) groups is 1. The van der Waals surface area contributed by atoms with Crippen LogP contribution in [0.25, 0.3) is 15.9 Å². The van der Waals surface area contributed by atoms with E-state index in [0.29, 0.717) is 27.4 Å². The summed E-state index contributed by atoms with van der Waals surface area (Å²) in [5, 5.41) is 15.8. The Morgan fingerprint density at radius 1 is 1.31 bits per heavy atom. The van der Waals surface area contributed by atoms with Crippen molar-refractivity contribution in [3.8, 4) is 0 Å². The quantitative estimate of drug-likeness (QED) is 0.531. The van der Waals surface area contributed by atoms with Crippen molar-refractivity contribution in [1.82, 2.24) is 29.4 Å². The molecule has 4 aromatic heterocycles. The molecule has 0 aliphatic carbocycles. The average Bonchev–Trinajstić information content (AvgIpc) is 3.30. The minimum absolute atomic E-state index is 0.200. The van der Waals surface area contributed by atoms with Gasteiger partial charge in [-0.2, -0.15) is 0 Å². The maximum Gasteiger partial charge on any atom is 0.287 e. The van der Waals surface area contributed by atoms with Crippen LogP contribution in [0.4, 0.5) is 11.5 Å². The number of hydrogen-bond acceptors (Lipinski definition) is 8. The van der Waals surface area contributed by atoms with Crippen molar-refractivity contribution in [3.05, 3.63) is 40.0 Å². The predicted molar refractivity (Wildman–Crippen MR) is 112 cm³/mol. The second-order valence-corrected chi connectivity index (χ2v) is 8.16. The summed E-state index contributed by atoms with van der Waals surface area (Å²) in [7, 11) is 3.67. The Balaban J connectivity index is 1.66. The predicted octanol–water partition coefficient (Wildman–Crippen LogP) is 1.72. The first-order valence-electron chi connectivity index (χ1n) is 9.01. The lowest BCUT2D eigenvalue weighted by Gasteiger charge is -2.14. The van der Waals surface area contributed by atoms with Gasteiger partial charge in [-0.05, 0) is 12.1 Å². The molecule has 1 amide bonds. The van der Waals surface area contributed by atoms with Gasteiger partial charge in [-0.1, -0.05) is 13.8 Å². The van der Waals surface area contributed by atoms with Crippen LogP contribution in [0.1, 0.15) is 24.8 Å². The second kappa shape index (κ2) is 7.24. The third kappa shape index (κ3) is 3.56. The fourth-order valence-electron chi connectivity index (χ4n) is 2.85. The standard InChI is InChI=1S/C18H20N8O2S/c1-10(2)17-21-14-15(29-17)18(28)26(23-16(14)24(3)4)8-13(27)20-11-5-6-12-22-19-9-25(12)7-11/h5-7,9-10H,8H2,1-4H3,(H,20,27). The van der Waals surface area contributed by atoms with Crippen LogP contribution in [-0.2, 0) is 11.3 Å². The van der Waals surface area contributed by atoms with Crippen LogP contribution in [0.2, 0.25) is 0 Å². The maximum absolute atomic E-state index is 12.9. The van der Waals surface area contributed by atoms with Crippen LogP contribution in [-0.4, -0.2) is 49.4 Å². The summed E-state index contributed by atoms with van der Waals surface area (Å²) in [6, 6.07) is 3.47. The van der Waals surface area contributed by atoms with Crippen LogP contribution in [0.3, 0.4) is 0 Å². The number of rotatable bonds is 5. The van der Waals surface area contributed by atoms with Crippen molar-refractivity contribution >= 4 is 44.6 Å². The van der Waals surface area contributed by atoms with E-state index in [1.807, 2.05) is 27.9 Å². The Bertz CT molecular complexity index is 1270. The van der Waals surface area contributed by atoms with Crippen LogP contribution in [0.15, 0.2) is 29.5 Å². The Morgan fingerprint density at radius 2 is 2.10 bits per heavy atom. The minimum atomic E-state index is -0.357. The van der Waals surface area contributed by atoms with Crippen molar-refractivity contribution < 1.29 is 4.79 Å². The number of anilines is 2. The number of fused-ring (bicyclic) bond motifs is 2. The summed E-state index contributed by atoms with van der Waals surface area (Å²) < 4.78 is 3.39. The third-order valence-corrected chi connectivity index (χ3v) is 5.63. The van der Waals surface area contributed by atoms with Gasteiger partial charge >= 0.3 is 0 Å². The Kier molecular flexibility index (Phi) is 4.74. The van der Waals surface area contributed by atoms with Gasteiger partial charge in [-0.15, -0.1) is 26.6 Å². The molecular weight excluding hydrogens is 392 g/mol. The average molecular weight is 412 g/mol. The van der Waals surface area contributed by atoms with Gasteiger partial charge in [-0.3, -0.25) is 14.0 Å². The van der Waals surface area contributed by atoms with Crippen LogP contribution in [0, 0.1) is 0 Å². The SMILES string of the molecule is CC(C)c1nc2c(N(C)C)nn(CC(=O)Nc3ccc4nncn4c3)c(=O)c2s1. The summed E-state index contributed by atoms with van der Waals surface area (Å²) in [5.74, 6) is 0.400. The van der Waals surface area contributed by atoms with Gasteiger partial charge in [0.1, 0.15) is 23.1 Å². The Hall–Kier alpha value is -3.34. The molecule has 11 heteroatoms. The zero-order chi connectivity index (χ0) is 20.7. The van der Waals surface area contributed by atoms with Gasteiger partial charge in [0.15, 0.2) is 11.5 Å². The highest BCUT2D eigenvalue weighted by Crippen LogP contribution is 2.29. The zero-order valence-corrected chi connectivity index (χ0v) is 17.3. The van der Waals surface area contributed by atoms with E-state index in [9.17, 15) is 9.59 Å². The first-order valence-corrected chi connectivity index (χ1v) is 9.83. The molecule has 0 atom stereocenters. The first-order chi connectivity index (χ1) is 13.8. The Morgan fingerprint density at radius 3 is 2.83 bits per heavy atom. The normalized spacial score (nSPS) is 11.5. The van der Waals surface area contributed by atoms with Crippen molar-refractivity contribution in [2.75, 3.05) is 24.3 Å². The second-order valence-electron chi connectivity index (χ2n) is 7.13. The minimum Gasteiger partial charge on any atom is -0.359 e. The van der Waals surface area contributed by atoms with Crippen LogP contribution in [0.5, 0.6) is 0 Å². The van der Waals surface area contributed by atoms with Crippen molar-refractivity contribution in [1.29, 1.82) is 0 Å². The van der Waals surface area contributed by atoms with Gasteiger partial charge in [-0.25, -0.2) is 9.67 Å². The highest BCUT2D eigenvalue weighted by atomic mass is 32.1. The number of thiazole rings is 1. The molecule has 1 N–H and O–H groups in total. The lowest BCUT2D eigenvalue weighted by Crippen LogP contribution is -2.31. The topological polar surface area (TPSA) is 110 Å². The molecule has 4 aromatic rings. The fraction of sp³-hybridized carbons (Fsp3) is 0.333. The highest BCUT2D eigenvalue weighted by Gasteiger charge is 2.19. The van der Waals surface area contributed by atoms with Crippen molar-refractivity contribution in [2.24, 2.45) is 0 Å². The molecule has 0 bridgehead atoms. The van der Waals surface area contributed by atoms with E-state index in [1.165, 1.54) is 16.0 Å². The molecule has 0 saturated carbocycles. The molecule has 4 heterocycles. The monoisotopic (exact) mass is 412 g/mol. The summed E-state index contributed by atoms with van der Waals surface area (Å²) in [6.07, 6.45) is 3.25. The number of nitrogens with zero attached hydrogens (tertiary/aromatic N) is 7. The number of carbonyl (C=O) groups excluding carboxylic acids is 1. The molecule has 0 radical (unpaired) electrons. The molecular formula is C18H20N8O2S. The molecule has 10 nitrogen and oxygen atoms in total. The molecule has 0 aliphatic rings. The molecule has 0 aromatic carbocycles. The molecule has 0 unspecified atom stereocenters.